The van der Waals surface area contributed by atoms with Crippen LogP contribution in [0.4, 0.5) is 4.39 Å². The summed E-state index contributed by atoms with van der Waals surface area (Å²) in [6, 6.07) is 5.37. The molecular formula is C10H8BrFOS. The van der Waals surface area contributed by atoms with Crippen LogP contribution in [-0.4, -0.2) is 7.11 Å². The molecule has 0 unspecified atom stereocenters. The highest BCUT2D eigenvalue weighted by Crippen LogP contribution is 2.35. The second kappa shape index (κ2) is 3.87. The molecule has 0 aliphatic carbocycles. The number of fused-ring (bicyclic) bond motifs is 1. The van der Waals surface area contributed by atoms with Crippen LogP contribution < -0.4 is 4.74 Å². The van der Waals surface area contributed by atoms with E-state index in [0.717, 1.165) is 38.1 Å². The number of hydrogen-bond acceptors (Lipinski definition) is 2. The molecule has 74 valence electrons. The molecule has 1 aromatic heterocycles. The van der Waals surface area contributed by atoms with E-state index in [1.54, 1.807) is 13.2 Å². The summed E-state index contributed by atoms with van der Waals surface area (Å²) in [5.74, 6) is 0.735. The first-order chi connectivity index (χ1) is 6.76. The summed E-state index contributed by atoms with van der Waals surface area (Å²) in [5, 5.41) is 1.49. The van der Waals surface area contributed by atoms with E-state index in [1.165, 1.54) is 0 Å². The summed E-state index contributed by atoms with van der Waals surface area (Å²) in [5.41, 5.74) is 1.08. The Morgan fingerprint density at radius 1 is 1.50 bits per heavy atom. The fourth-order valence-electron chi connectivity index (χ4n) is 1.40. The Balaban J connectivity index is 2.77. The zero-order chi connectivity index (χ0) is 10.1. The molecule has 0 aliphatic rings. The molecule has 0 saturated heterocycles. The molecular weight excluding hydrogens is 267 g/mol. The average molecular weight is 275 g/mol. The van der Waals surface area contributed by atoms with Gasteiger partial charge in [-0.3, -0.25) is 0 Å². The lowest BCUT2D eigenvalue weighted by Crippen LogP contribution is -1.84. The van der Waals surface area contributed by atoms with Crippen LogP contribution in [0, 0.1) is 5.13 Å². The minimum absolute atomic E-state index is 0.174. The maximum Gasteiger partial charge on any atom is 0.177 e. The average Bonchev–Trinajstić information content (AvgIpc) is 2.57. The van der Waals surface area contributed by atoms with E-state index in [2.05, 4.69) is 15.9 Å². The van der Waals surface area contributed by atoms with Gasteiger partial charge in [-0.2, -0.15) is 4.39 Å². The standard InChI is InChI=1S/C10H8BrFOS/c1-13-8-3-2-6(5-11)7-4-9(12)14-10(7)8/h2-4H,5H2,1H3. The van der Waals surface area contributed by atoms with Crippen molar-refractivity contribution in [1.29, 1.82) is 0 Å². The summed E-state index contributed by atoms with van der Waals surface area (Å²) in [6.45, 7) is 0. The lowest BCUT2D eigenvalue weighted by molar-refractivity contribution is 0.420. The number of hydrogen-bond donors (Lipinski definition) is 0. The van der Waals surface area contributed by atoms with Crippen molar-refractivity contribution < 1.29 is 9.13 Å². The highest BCUT2D eigenvalue weighted by atomic mass is 79.9. The van der Waals surface area contributed by atoms with Crippen molar-refractivity contribution in [1.82, 2.24) is 0 Å². The van der Waals surface area contributed by atoms with Crippen molar-refractivity contribution in [3.8, 4) is 5.75 Å². The predicted molar refractivity (Wildman–Crippen MR) is 61.0 cm³/mol. The van der Waals surface area contributed by atoms with Crippen LogP contribution in [0.2, 0.25) is 0 Å². The number of benzene rings is 1. The second-order valence-corrected chi connectivity index (χ2v) is 4.42. The molecule has 0 amide bonds. The van der Waals surface area contributed by atoms with Crippen LogP contribution in [0.5, 0.6) is 5.75 Å². The van der Waals surface area contributed by atoms with Crippen molar-refractivity contribution in [3.63, 3.8) is 0 Å². The maximum absolute atomic E-state index is 13.1. The number of methoxy groups -OCH3 is 1. The van der Waals surface area contributed by atoms with Gasteiger partial charge in [0.2, 0.25) is 0 Å². The minimum Gasteiger partial charge on any atom is -0.495 e. The molecule has 2 rings (SSSR count). The van der Waals surface area contributed by atoms with E-state index in [0.29, 0.717) is 0 Å². The van der Waals surface area contributed by atoms with Gasteiger partial charge >= 0.3 is 0 Å². The molecule has 0 atom stereocenters. The topological polar surface area (TPSA) is 9.23 Å². The predicted octanol–water partition coefficient (Wildman–Crippen LogP) is 3.94. The minimum atomic E-state index is -0.174. The number of halogens is 2. The Morgan fingerprint density at radius 3 is 2.93 bits per heavy atom. The molecule has 0 N–H and O–H groups in total. The molecule has 0 saturated carbocycles. The van der Waals surface area contributed by atoms with Gasteiger partial charge in [-0.15, -0.1) is 11.3 Å². The summed E-state index contributed by atoms with van der Waals surface area (Å²) >= 11 is 4.50. The highest BCUT2D eigenvalue weighted by Gasteiger charge is 2.10. The smallest absolute Gasteiger partial charge is 0.177 e. The maximum atomic E-state index is 13.1. The van der Waals surface area contributed by atoms with Gasteiger partial charge in [0.15, 0.2) is 5.13 Å². The van der Waals surface area contributed by atoms with Crippen LogP contribution in [0.25, 0.3) is 10.1 Å². The lowest BCUT2D eigenvalue weighted by Gasteiger charge is -2.03. The third kappa shape index (κ3) is 1.53. The van der Waals surface area contributed by atoms with Crippen LogP contribution in [0.1, 0.15) is 5.56 Å². The van der Waals surface area contributed by atoms with Crippen LogP contribution >= 0.6 is 27.3 Å². The Morgan fingerprint density at radius 2 is 2.29 bits per heavy atom. The van der Waals surface area contributed by atoms with E-state index in [9.17, 15) is 4.39 Å². The van der Waals surface area contributed by atoms with Crippen molar-refractivity contribution in [2.75, 3.05) is 7.11 Å². The van der Waals surface area contributed by atoms with Crippen molar-refractivity contribution in [3.05, 3.63) is 28.9 Å². The van der Waals surface area contributed by atoms with Gasteiger partial charge in [0.1, 0.15) is 5.75 Å². The number of rotatable bonds is 2. The fraction of sp³-hybridized carbons (Fsp3) is 0.200. The monoisotopic (exact) mass is 274 g/mol. The zero-order valence-corrected chi connectivity index (χ0v) is 9.91. The van der Waals surface area contributed by atoms with Crippen LogP contribution in [0.15, 0.2) is 18.2 Å². The molecule has 0 fully saturated rings. The summed E-state index contributed by atoms with van der Waals surface area (Å²) in [6.07, 6.45) is 0. The van der Waals surface area contributed by atoms with E-state index in [-0.39, 0.29) is 5.13 Å². The number of ether oxygens (including phenoxy) is 1. The molecule has 14 heavy (non-hydrogen) atoms. The molecule has 1 heterocycles. The van der Waals surface area contributed by atoms with Gasteiger partial charge in [0.25, 0.3) is 0 Å². The van der Waals surface area contributed by atoms with E-state index < -0.39 is 0 Å². The Hall–Kier alpha value is -0.610. The first kappa shape index (κ1) is 9.93. The summed E-state index contributed by atoms with van der Waals surface area (Å²) < 4.78 is 19.1. The molecule has 2 aromatic rings. The Labute approximate surface area is 93.6 Å². The van der Waals surface area contributed by atoms with Crippen LogP contribution in [0.3, 0.4) is 0 Å². The van der Waals surface area contributed by atoms with Gasteiger partial charge in [0, 0.05) is 10.7 Å². The highest BCUT2D eigenvalue weighted by molar-refractivity contribution is 9.08. The molecule has 0 bridgehead atoms. The number of thiophene rings is 1. The molecule has 1 nitrogen and oxygen atoms in total. The Kier molecular flexibility index (Phi) is 2.74. The van der Waals surface area contributed by atoms with Gasteiger partial charge in [-0.05, 0) is 17.7 Å². The van der Waals surface area contributed by atoms with E-state index in [4.69, 9.17) is 4.74 Å². The third-order valence-electron chi connectivity index (χ3n) is 2.07. The van der Waals surface area contributed by atoms with Gasteiger partial charge in [-0.1, -0.05) is 22.0 Å². The molecule has 0 aliphatic heterocycles. The SMILES string of the molecule is COc1ccc(CBr)c2cc(F)sc12. The van der Waals surface area contributed by atoms with Crippen molar-refractivity contribution in [2.45, 2.75) is 5.33 Å². The van der Waals surface area contributed by atoms with E-state index in [1.807, 2.05) is 12.1 Å². The van der Waals surface area contributed by atoms with Crippen molar-refractivity contribution >= 4 is 37.4 Å². The van der Waals surface area contributed by atoms with Gasteiger partial charge in [0.05, 0.1) is 11.8 Å². The van der Waals surface area contributed by atoms with Gasteiger partial charge < -0.3 is 4.74 Å². The molecule has 4 heteroatoms. The fourth-order valence-corrected chi connectivity index (χ4v) is 2.81. The Bertz CT molecular complexity index is 425. The normalized spacial score (nSPS) is 10.8. The molecule has 0 radical (unpaired) electrons. The second-order valence-electron chi connectivity index (χ2n) is 2.85. The first-order valence-electron chi connectivity index (χ1n) is 4.07. The van der Waals surface area contributed by atoms with Crippen LogP contribution in [-0.2, 0) is 5.33 Å². The summed E-state index contributed by atoms with van der Waals surface area (Å²) in [7, 11) is 1.60. The zero-order valence-electron chi connectivity index (χ0n) is 7.51. The number of alkyl halides is 1. The first-order valence-corrected chi connectivity index (χ1v) is 6.01. The third-order valence-corrected chi connectivity index (χ3v) is 3.61. The lowest BCUT2D eigenvalue weighted by atomic mass is 10.1. The molecule has 1 aromatic carbocycles. The largest absolute Gasteiger partial charge is 0.495 e. The van der Waals surface area contributed by atoms with Crippen molar-refractivity contribution in [2.24, 2.45) is 0 Å². The van der Waals surface area contributed by atoms with E-state index >= 15 is 0 Å². The van der Waals surface area contributed by atoms with Gasteiger partial charge in [-0.25, -0.2) is 0 Å². The summed E-state index contributed by atoms with van der Waals surface area (Å²) in [4.78, 5) is 0. The molecule has 0 spiro atoms. The quantitative estimate of drug-likeness (QED) is 0.754.